The summed E-state index contributed by atoms with van der Waals surface area (Å²) in [5.41, 5.74) is 0. The highest BCUT2D eigenvalue weighted by Gasteiger charge is 2.42. The zero-order valence-corrected chi connectivity index (χ0v) is 11.2. The highest BCUT2D eigenvalue weighted by Crippen LogP contribution is 2.30. The molecule has 1 N–H and O–H groups in total. The van der Waals surface area contributed by atoms with Crippen molar-refractivity contribution in [3.05, 3.63) is 11.2 Å². The molecule has 0 aromatic carbocycles. The molecule has 0 bridgehead atoms. The van der Waals surface area contributed by atoms with E-state index < -0.39 is 28.8 Å². The van der Waals surface area contributed by atoms with Gasteiger partial charge in [-0.1, -0.05) is 11.6 Å². The standard InChI is InChI=1S/C9H13ClFN3O3S/c1-13-9(8(10)3-12-13)18(16,17)14-4-6(11)2-7(14)5-15/h3,6-7,15H,2,4-5H2,1H3/t6-,7-/m0/s1. The van der Waals surface area contributed by atoms with Gasteiger partial charge in [-0.15, -0.1) is 0 Å². The summed E-state index contributed by atoms with van der Waals surface area (Å²) in [6.45, 7) is -0.690. The summed E-state index contributed by atoms with van der Waals surface area (Å²) >= 11 is 5.79. The topological polar surface area (TPSA) is 75.4 Å². The maximum Gasteiger partial charge on any atom is 0.262 e. The Morgan fingerprint density at radius 3 is 2.83 bits per heavy atom. The number of aliphatic hydroxyl groups excluding tert-OH is 1. The summed E-state index contributed by atoms with van der Waals surface area (Å²) in [6.07, 6.45) is -0.0692. The fraction of sp³-hybridized carbons (Fsp3) is 0.667. The van der Waals surface area contributed by atoms with Gasteiger partial charge in [-0.25, -0.2) is 12.8 Å². The SMILES string of the molecule is Cn1ncc(Cl)c1S(=O)(=O)N1C[C@@H](F)C[C@H]1CO. The first-order chi connectivity index (χ1) is 8.37. The number of halogens is 2. The smallest absolute Gasteiger partial charge is 0.262 e. The van der Waals surface area contributed by atoms with Crippen LogP contribution >= 0.6 is 11.6 Å². The Bertz CT molecular complexity index is 528. The van der Waals surface area contributed by atoms with Gasteiger partial charge in [0.1, 0.15) is 6.17 Å². The van der Waals surface area contributed by atoms with Crippen LogP contribution < -0.4 is 0 Å². The summed E-state index contributed by atoms with van der Waals surface area (Å²) in [7, 11) is -2.51. The van der Waals surface area contributed by atoms with Crippen molar-refractivity contribution >= 4 is 21.6 Å². The monoisotopic (exact) mass is 297 g/mol. The lowest BCUT2D eigenvalue weighted by Gasteiger charge is -2.21. The van der Waals surface area contributed by atoms with E-state index in [0.29, 0.717) is 0 Å². The van der Waals surface area contributed by atoms with Gasteiger partial charge < -0.3 is 5.11 Å². The average Bonchev–Trinajstić information content (AvgIpc) is 2.82. The summed E-state index contributed by atoms with van der Waals surface area (Å²) in [5, 5.41) is 12.7. The number of hydrogen-bond donors (Lipinski definition) is 1. The van der Waals surface area contributed by atoms with Gasteiger partial charge in [-0.05, 0) is 6.42 Å². The third-order valence-corrected chi connectivity index (χ3v) is 5.35. The lowest BCUT2D eigenvalue weighted by Crippen LogP contribution is -2.38. The first kappa shape index (κ1) is 13.7. The number of alkyl halides is 1. The van der Waals surface area contributed by atoms with Crippen LogP contribution in [-0.4, -0.2) is 53.0 Å². The zero-order valence-electron chi connectivity index (χ0n) is 9.62. The molecule has 6 nitrogen and oxygen atoms in total. The molecule has 2 atom stereocenters. The van der Waals surface area contributed by atoms with Gasteiger partial charge in [0.15, 0.2) is 5.03 Å². The van der Waals surface area contributed by atoms with Crippen LogP contribution in [0.2, 0.25) is 5.02 Å². The molecule has 0 spiro atoms. The minimum Gasteiger partial charge on any atom is -0.395 e. The van der Waals surface area contributed by atoms with Crippen LogP contribution in [0.1, 0.15) is 6.42 Å². The molecule has 102 valence electrons. The minimum atomic E-state index is -3.95. The van der Waals surface area contributed by atoms with Crippen LogP contribution in [-0.2, 0) is 17.1 Å². The Balaban J connectivity index is 2.43. The molecule has 9 heteroatoms. The first-order valence-corrected chi connectivity index (χ1v) is 7.14. The third-order valence-electron chi connectivity index (χ3n) is 2.92. The second kappa shape index (κ2) is 4.76. The number of aromatic nitrogens is 2. The lowest BCUT2D eigenvalue weighted by atomic mass is 10.2. The molecule has 0 unspecified atom stereocenters. The van der Waals surface area contributed by atoms with E-state index in [9.17, 15) is 12.8 Å². The van der Waals surface area contributed by atoms with Crippen LogP contribution in [0.5, 0.6) is 0 Å². The van der Waals surface area contributed by atoms with Crippen molar-refractivity contribution in [2.24, 2.45) is 7.05 Å². The van der Waals surface area contributed by atoms with Gasteiger partial charge in [0.25, 0.3) is 10.0 Å². The van der Waals surface area contributed by atoms with Gasteiger partial charge in [-0.3, -0.25) is 4.68 Å². The van der Waals surface area contributed by atoms with Crippen LogP contribution in [0.15, 0.2) is 11.2 Å². The Morgan fingerprint density at radius 2 is 2.33 bits per heavy atom. The summed E-state index contributed by atoms with van der Waals surface area (Å²) in [4.78, 5) is 0. The fourth-order valence-corrected chi connectivity index (χ4v) is 4.36. The number of nitrogens with zero attached hydrogens (tertiary/aromatic N) is 3. The van der Waals surface area contributed by atoms with E-state index in [2.05, 4.69) is 5.10 Å². The largest absolute Gasteiger partial charge is 0.395 e. The Morgan fingerprint density at radius 1 is 1.67 bits per heavy atom. The van der Waals surface area contributed by atoms with Gasteiger partial charge >= 0.3 is 0 Å². The van der Waals surface area contributed by atoms with Crippen LogP contribution in [0.25, 0.3) is 0 Å². The molecule has 1 fully saturated rings. The van der Waals surface area contributed by atoms with Crippen molar-refractivity contribution in [2.45, 2.75) is 23.7 Å². The molecule has 0 amide bonds. The molecule has 0 radical (unpaired) electrons. The molecular weight excluding hydrogens is 285 g/mol. The van der Waals surface area contributed by atoms with Crippen molar-refractivity contribution in [1.29, 1.82) is 0 Å². The number of hydrogen-bond acceptors (Lipinski definition) is 4. The van der Waals surface area contributed by atoms with Gasteiger partial charge in [0, 0.05) is 13.6 Å². The summed E-state index contributed by atoms with van der Waals surface area (Å²) in [6, 6.07) is -0.754. The molecule has 1 saturated heterocycles. The number of sulfonamides is 1. The normalized spacial score (nSPS) is 25.8. The van der Waals surface area contributed by atoms with Crippen LogP contribution in [0, 0.1) is 0 Å². The van der Waals surface area contributed by atoms with Crippen molar-refractivity contribution in [1.82, 2.24) is 14.1 Å². The first-order valence-electron chi connectivity index (χ1n) is 5.32. The number of aryl methyl sites for hydroxylation is 1. The second-order valence-electron chi connectivity index (χ2n) is 4.17. The van der Waals surface area contributed by atoms with Crippen LogP contribution in [0.4, 0.5) is 4.39 Å². The molecule has 2 heterocycles. The highest BCUT2D eigenvalue weighted by molar-refractivity contribution is 7.89. The predicted octanol–water partition coefficient (Wildman–Crippen LogP) is 0.167. The van der Waals surface area contributed by atoms with E-state index in [4.69, 9.17) is 16.7 Å². The van der Waals surface area contributed by atoms with E-state index in [-0.39, 0.29) is 23.0 Å². The van der Waals surface area contributed by atoms with E-state index >= 15 is 0 Å². The van der Waals surface area contributed by atoms with E-state index in [1.54, 1.807) is 0 Å². The maximum absolute atomic E-state index is 13.3. The quantitative estimate of drug-likeness (QED) is 0.863. The predicted molar refractivity (Wildman–Crippen MR) is 62.5 cm³/mol. The molecule has 0 aliphatic carbocycles. The van der Waals surface area contributed by atoms with Crippen molar-refractivity contribution in [2.75, 3.05) is 13.2 Å². The Labute approximate surface area is 109 Å². The third kappa shape index (κ3) is 2.13. The summed E-state index contributed by atoms with van der Waals surface area (Å²) < 4.78 is 40.1. The highest BCUT2D eigenvalue weighted by atomic mass is 35.5. The van der Waals surface area contributed by atoms with E-state index in [1.165, 1.54) is 13.2 Å². The van der Waals surface area contributed by atoms with Gasteiger partial charge in [0.2, 0.25) is 0 Å². The molecule has 0 saturated carbocycles. The van der Waals surface area contributed by atoms with E-state index in [1.807, 2.05) is 0 Å². The van der Waals surface area contributed by atoms with Gasteiger partial charge in [0.05, 0.1) is 23.9 Å². The second-order valence-corrected chi connectivity index (χ2v) is 6.38. The summed E-state index contributed by atoms with van der Waals surface area (Å²) in [5.74, 6) is 0. The molecule has 18 heavy (non-hydrogen) atoms. The Hall–Kier alpha value is -0.700. The molecule has 1 aliphatic rings. The van der Waals surface area contributed by atoms with Gasteiger partial charge in [-0.2, -0.15) is 9.40 Å². The average molecular weight is 298 g/mol. The van der Waals surface area contributed by atoms with Crippen molar-refractivity contribution < 1.29 is 17.9 Å². The number of aliphatic hydroxyl groups is 1. The molecule has 1 aliphatic heterocycles. The maximum atomic E-state index is 13.3. The fourth-order valence-electron chi connectivity index (χ4n) is 2.09. The minimum absolute atomic E-state index is 0.00873. The molecule has 2 rings (SSSR count). The molecule has 1 aromatic rings. The zero-order chi connectivity index (χ0) is 13.5. The Kier molecular flexibility index (Phi) is 3.63. The number of rotatable bonds is 3. The van der Waals surface area contributed by atoms with Crippen molar-refractivity contribution in [3.8, 4) is 0 Å². The molecular formula is C9H13ClFN3O3S. The van der Waals surface area contributed by atoms with Crippen LogP contribution in [0.3, 0.4) is 0 Å². The van der Waals surface area contributed by atoms with Crippen molar-refractivity contribution in [3.63, 3.8) is 0 Å². The van der Waals surface area contributed by atoms with E-state index in [0.717, 1.165) is 8.99 Å². The molecule has 1 aromatic heterocycles. The lowest BCUT2D eigenvalue weighted by molar-refractivity contribution is 0.212.